The molecule has 0 N–H and O–H groups in total. The molecule has 0 aliphatic rings. The van der Waals surface area contributed by atoms with Crippen LogP contribution in [0.25, 0.3) is 0 Å². The summed E-state index contributed by atoms with van der Waals surface area (Å²) >= 11 is 0. The van der Waals surface area contributed by atoms with Crippen molar-refractivity contribution < 1.29 is 27.9 Å². The topological polar surface area (TPSA) is 122 Å². The lowest BCUT2D eigenvalue weighted by molar-refractivity contribution is 0.0701. The maximum atomic E-state index is 12.3. The zero-order chi connectivity index (χ0) is 20.1. The first-order valence-electron chi connectivity index (χ1n) is 8.22. The number of carbonyl (C=O) groups excluding carboxylic acids is 2. The van der Waals surface area contributed by atoms with Gasteiger partial charge in [-0.3, -0.25) is 0 Å². The van der Waals surface area contributed by atoms with E-state index >= 15 is 0 Å². The highest BCUT2D eigenvalue weighted by Crippen LogP contribution is 2.26. The van der Waals surface area contributed by atoms with Crippen LogP contribution in [0.2, 0.25) is 0 Å². The zero-order valence-corrected chi connectivity index (χ0v) is 14.7. The minimum atomic E-state index is -0.716. The van der Waals surface area contributed by atoms with Crippen molar-refractivity contribution in [2.75, 3.05) is 0 Å². The fraction of sp³-hybridized carbons (Fsp3) is 0. The van der Waals surface area contributed by atoms with E-state index in [4.69, 9.17) is 18.3 Å². The van der Waals surface area contributed by atoms with E-state index in [-0.39, 0.29) is 22.8 Å². The highest BCUT2D eigenvalue weighted by atomic mass is 16.6. The summed E-state index contributed by atoms with van der Waals surface area (Å²) < 4.78 is 22.0. The normalized spacial score (nSPS) is 10.9. The summed E-state index contributed by atoms with van der Waals surface area (Å²) in [7, 11) is 0. The Bertz CT molecular complexity index is 1130. The second kappa shape index (κ2) is 8.05. The highest BCUT2D eigenvalue weighted by molar-refractivity contribution is 5.92. The van der Waals surface area contributed by atoms with Crippen molar-refractivity contribution in [2.24, 2.45) is 5.10 Å². The molecule has 0 radical (unpaired) electrons. The maximum Gasteiger partial charge on any atom is 0.379 e. The molecule has 0 saturated carbocycles. The Balaban J connectivity index is 1.61. The molecular weight excluding hydrogens is 380 g/mol. The first kappa shape index (κ1) is 17.9. The van der Waals surface area contributed by atoms with Gasteiger partial charge in [-0.2, -0.15) is 5.10 Å². The largest absolute Gasteiger partial charge is 0.472 e. The third kappa shape index (κ3) is 4.27. The highest BCUT2D eigenvalue weighted by Gasteiger charge is 2.16. The van der Waals surface area contributed by atoms with Crippen LogP contribution in [-0.2, 0) is 0 Å². The molecule has 0 bridgehead atoms. The van der Waals surface area contributed by atoms with Gasteiger partial charge in [0.15, 0.2) is 0 Å². The Morgan fingerprint density at radius 3 is 2.62 bits per heavy atom. The lowest BCUT2D eigenvalue weighted by Crippen LogP contribution is -2.10. The average Bonchev–Trinajstić information content (AvgIpc) is 3.51. The summed E-state index contributed by atoms with van der Waals surface area (Å²) in [4.78, 5) is 24.4. The number of aromatic nitrogens is 3. The molecule has 0 amide bonds. The summed E-state index contributed by atoms with van der Waals surface area (Å²) in [6.45, 7) is 0. The standard InChI is InChI=1S/C19H12N4O6/c24-18(14-5-7-26-10-14)28-15-4-3-13(9-22-23-11-20-21-12-23)17(8-15)29-19(25)16-2-1-6-27-16/h1-12H. The number of rotatable bonds is 6. The van der Waals surface area contributed by atoms with Gasteiger partial charge >= 0.3 is 11.9 Å². The van der Waals surface area contributed by atoms with Gasteiger partial charge in [-0.25, -0.2) is 14.3 Å². The van der Waals surface area contributed by atoms with E-state index in [0.29, 0.717) is 5.56 Å². The summed E-state index contributed by atoms with van der Waals surface area (Å²) in [5.41, 5.74) is 0.694. The van der Waals surface area contributed by atoms with Crippen LogP contribution < -0.4 is 9.47 Å². The Morgan fingerprint density at radius 2 is 1.90 bits per heavy atom. The number of hydrogen-bond acceptors (Lipinski definition) is 9. The molecule has 4 rings (SSSR count). The molecule has 3 heterocycles. The van der Waals surface area contributed by atoms with Gasteiger partial charge < -0.3 is 18.3 Å². The van der Waals surface area contributed by atoms with Gasteiger partial charge in [0.2, 0.25) is 5.76 Å². The van der Waals surface area contributed by atoms with Crippen LogP contribution in [0.1, 0.15) is 26.5 Å². The number of furan rings is 2. The van der Waals surface area contributed by atoms with Crippen LogP contribution in [0.5, 0.6) is 11.5 Å². The molecular formula is C19H12N4O6. The van der Waals surface area contributed by atoms with Crippen molar-refractivity contribution in [1.82, 2.24) is 14.9 Å². The number of carbonyl (C=O) groups is 2. The fourth-order valence-corrected chi connectivity index (χ4v) is 2.25. The number of esters is 2. The fourth-order valence-electron chi connectivity index (χ4n) is 2.25. The zero-order valence-electron chi connectivity index (χ0n) is 14.7. The smallest absolute Gasteiger partial charge is 0.379 e. The Hall–Kier alpha value is -4.47. The quantitative estimate of drug-likeness (QED) is 0.279. The Kier molecular flexibility index (Phi) is 4.97. The molecule has 10 heteroatoms. The van der Waals surface area contributed by atoms with E-state index in [1.807, 2.05) is 0 Å². The molecule has 0 aliphatic carbocycles. The third-order valence-electron chi connectivity index (χ3n) is 3.61. The van der Waals surface area contributed by atoms with Crippen molar-refractivity contribution >= 4 is 18.2 Å². The second-order valence-corrected chi connectivity index (χ2v) is 5.55. The van der Waals surface area contributed by atoms with E-state index in [1.54, 1.807) is 12.1 Å². The van der Waals surface area contributed by atoms with Crippen molar-refractivity contribution in [3.8, 4) is 11.5 Å². The van der Waals surface area contributed by atoms with E-state index in [0.717, 1.165) is 0 Å². The van der Waals surface area contributed by atoms with Crippen molar-refractivity contribution in [2.45, 2.75) is 0 Å². The van der Waals surface area contributed by atoms with Crippen LogP contribution in [0.4, 0.5) is 0 Å². The summed E-state index contributed by atoms with van der Waals surface area (Å²) in [5, 5.41) is 11.4. The molecule has 1 aromatic carbocycles. The second-order valence-electron chi connectivity index (χ2n) is 5.55. The van der Waals surface area contributed by atoms with Gasteiger partial charge in [0.25, 0.3) is 0 Å². The van der Waals surface area contributed by atoms with E-state index in [2.05, 4.69) is 15.3 Å². The summed E-state index contributed by atoms with van der Waals surface area (Å²) in [6.07, 6.45) is 8.21. The molecule has 0 spiro atoms. The number of hydrogen-bond donors (Lipinski definition) is 0. The summed E-state index contributed by atoms with van der Waals surface area (Å²) in [5.74, 6) is -1.03. The monoisotopic (exact) mass is 392 g/mol. The Labute approximate surface area is 163 Å². The molecule has 10 nitrogen and oxygen atoms in total. The SMILES string of the molecule is O=C(Oc1ccc(C=Nn2cnnc2)c(OC(=O)c2ccco2)c1)c1ccoc1. The molecule has 144 valence electrons. The number of ether oxygens (including phenoxy) is 2. The molecule has 0 aliphatic heterocycles. The molecule has 3 aromatic heterocycles. The van der Waals surface area contributed by atoms with Crippen LogP contribution in [-0.4, -0.2) is 33.0 Å². The van der Waals surface area contributed by atoms with E-state index in [1.165, 1.54) is 66.6 Å². The van der Waals surface area contributed by atoms with Crippen molar-refractivity contribution in [1.29, 1.82) is 0 Å². The Morgan fingerprint density at radius 1 is 1.03 bits per heavy atom. The minimum Gasteiger partial charge on any atom is -0.472 e. The lowest BCUT2D eigenvalue weighted by atomic mass is 10.2. The molecule has 29 heavy (non-hydrogen) atoms. The van der Waals surface area contributed by atoms with Gasteiger partial charge in [0.1, 0.15) is 30.4 Å². The summed E-state index contributed by atoms with van der Waals surface area (Å²) in [6, 6.07) is 9.02. The van der Waals surface area contributed by atoms with Gasteiger partial charge in [0.05, 0.1) is 24.3 Å². The average molecular weight is 392 g/mol. The van der Waals surface area contributed by atoms with Crippen molar-refractivity contribution in [3.05, 3.63) is 84.7 Å². The molecule has 0 unspecified atom stereocenters. The first-order chi connectivity index (χ1) is 14.2. The number of nitrogens with zero attached hydrogens (tertiary/aromatic N) is 4. The van der Waals surface area contributed by atoms with E-state index < -0.39 is 11.9 Å². The van der Waals surface area contributed by atoms with E-state index in [9.17, 15) is 9.59 Å². The minimum absolute atomic E-state index is 0.0208. The van der Waals surface area contributed by atoms with Gasteiger partial charge in [0, 0.05) is 11.6 Å². The predicted octanol–water partition coefficient (Wildman–Crippen LogP) is 2.78. The van der Waals surface area contributed by atoms with Gasteiger partial charge in [-0.15, -0.1) is 10.2 Å². The van der Waals surface area contributed by atoms with Crippen LogP contribution in [0.3, 0.4) is 0 Å². The molecule has 4 aromatic rings. The molecule has 0 saturated heterocycles. The van der Waals surface area contributed by atoms with Gasteiger partial charge in [-0.1, -0.05) is 0 Å². The first-order valence-corrected chi connectivity index (χ1v) is 8.22. The predicted molar refractivity (Wildman–Crippen MR) is 96.8 cm³/mol. The molecule has 0 atom stereocenters. The van der Waals surface area contributed by atoms with Crippen molar-refractivity contribution in [3.63, 3.8) is 0 Å². The number of benzene rings is 1. The molecule has 0 fully saturated rings. The third-order valence-corrected chi connectivity index (χ3v) is 3.61. The van der Waals surface area contributed by atoms with Crippen LogP contribution in [0.15, 0.2) is 81.8 Å². The maximum absolute atomic E-state index is 12.3. The van der Waals surface area contributed by atoms with Crippen LogP contribution >= 0.6 is 0 Å². The van der Waals surface area contributed by atoms with Gasteiger partial charge in [-0.05, 0) is 30.3 Å². The lowest BCUT2D eigenvalue weighted by Gasteiger charge is -2.09. The van der Waals surface area contributed by atoms with Crippen LogP contribution in [0, 0.1) is 0 Å².